The largest absolute Gasteiger partial charge is 0.357 e. The van der Waals surface area contributed by atoms with Crippen LogP contribution in [0.2, 0.25) is 0 Å². The second kappa shape index (κ2) is 2.39. The van der Waals surface area contributed by atoms with Crippen molar-refractivity contribution >= 4 is 18.1 Å². The molecule has 0 atom stereocenters. The van der Waals surface area contributed by atoms with Crippen LogP contribution in [0.15, 0.2) is 9.98 Å². The minimum atomic E-state index is -0.144. The van der Waals surface area contributed by atoms with Gasteiger partial charge in [-0.3, -0.25) is 4.79 Å². The summed E-state index contributed by atoms with van der Waals surface area (Å²) >= 11 is 0. The van der Waals surface area contributed by atoms with Crippen molar-refractivity contribution in [3.63, 3.8) is 0 Å². The molecule has 4 heteroatoms. The van der Waals surface area contributed by atoms with Crippen molar-refractivity contribution in [3.05, 3.63) is 0 Å². The molecule has 0 spiro atoms. The van der Waals surface area contributed by atoms with Crippen molar-refractivity contribution in [1.82, 2.24) is 5.32 Å². The molecule has 0 aromatic heterocycles. The highest BCUT2D eigenvalue weighted by Crippen LogP contribution is 1.90. The predicted octanol–water partition coefficient (Wildman–Crippen LogP) is -0.437. The summed E-state index contributed by atoms with van der Waals surface area (Å²) in [6.07, 6.45) is 1.87. The van der Waals surface area contributed by atoms with Gasteiger partial charge in [0, 0.05) is 13.3 Å². The van der Waals surface area contributed by atoms with Crippen molar-refractivity contribution < 1.29 is 4.79 Å². The lowest BCUT2D eigenvalue weighted by atomic mass is 10.4. The van der Waals surface area contributed by atoms with Gasteiger partial charge in [0.05, 0.1) is 6.42 Å². The van der Waals surface area contributed by atoms with Crippen LogP contribution in [-0.4, -0.2) is 25.1 Å². The summed E-state index contributed by atoms with van der Waals surface area (Å²) in [4.78, 5) is 17.9. The van der Waals surface area contributed by atoms with Crippen molar-refractivity contribution in [2.75, 3.05) is 7.05 Å². The van der Waals surface area contributed by atoms with Gasteiger partial charge in [0.15, 0.2) is 0 Å². The molecule has 1 aliphatic rings. The molecule has 48 valence electrons. The summed E-state index contributed by atoms with van der Waals surface area (Å²) in [5, 5.41) is 2.67. The third-order valence-electron chi connectivity index (χ3n) is 0.934. The number of guanidine groups is 1. The van der Waals surface area contributed by atoms with Gasteiger partial charge in [-0.05, 0) is 0 Å². The minimum Gasteiger partial charge on any atom is -0.357 e. The fourth-order valence-electron chi connectivity index (χ4n) is 0.523. The van der Waals surface area contributed by atoms with Crippen LogP contribution in [0.25, 0.3) is 0 Å². The number of carbonyl (C=O) groups is 1. The molecule has 0 bridgehead atoms. The Morgan fingerprint density at radius 3 is 3.00 bits per heavy atom. The van der Waals surface area contributed by atoms with E-state index in [1.807, 2.05) is 0 Å². The molecule has 4 nitrogen and oxygen atoms in total. The van der Waals surface area contributed by atoms with Crippen LogP contribution in [0.5, 0.6) is 0 Å². The van der Waals surface area contributed by atoms with E-state index in [0.29, 0.717) is 12.4 Å². The number of hydrogen-bond acceptors (Lipinski definition) is 3. The topological polar surface area (TPSA) is 53.8 Å². The van der Waals surface area contributed by atoms with Crippen LogP contribution in [0.4, 0.5) is 0 Å². The van der Waals surface area contributed by atoms with Gasteiger partial charge in [-0.15, -0.1) is 0 Å². The first-order chi connectivity index (χ1) is 4.33. The number of nitrogens with one attached hydrogen (secondary N) is 1. The van der Waals surface area contributed by atoms with Crippen LogP contribution < -0.4 is 5.32 Å². The molecule has 9 heavy (non-hydrogen) atoms. The molecule has 1 N–H and O–H groups in total. The van der Waals surface area contributed by atoms with Crippen molar-refractivity contribution in [2.45, 2.75) is 6.42 Å². The van der Waals surface area contributed by atoms with E-state index in [1.165, 1.54) is 0 Å². The number of aliphatic imine (C=N–C) groups is 2. The lowest BCUT2D eigenvalue weighted by Gasteiger charge is -2.00. The Balaban J connectivity index is 2.70. The molecule has 0 saturated heterocycles. The third kappa shape index (κ3) is 1.35. The molecule has 1 amide bonds. The van der Waals surface area contributed by atoms with E-state index in [-0.39, 0.29) is 5.91 Å². The summed E-state index contributed by atoms with van der Waals surface area (Å²) in [6.45, 7) is 0. The fourth-order valence-corrected chi connectivity index (χ4v) is 0.523. The summed E-state index contributed by atoms with van der Waals surface area (Å²) in [5.41, 5.74) is 0. The molecule has 0 aromatic rings. The molecule has 0 aliphatic carbocycles. The van der Waals surface area contributed by atoms with Gasteiger partial charge in [0.1, 0.15) is 0 Å². The minimum absolute atomic E-state index is 0.144. The summed E-state index contributed by atoms with van der Waals surface area (Å²) in [5.74, 6) is 0.251. The fraction of sp³-hybridized carbons (Fsp3) is 0.400. The van der Waals surface area contributed by atoms with E-state index < -0.39 is 0 Å². The van der Waals surface area contributed by atoms with Gasteiger partial charge in [-0.2, -0.15) is 4.99 Å². The number of amides is 1. The zero-order valence-electron chi connectivity index (χ0n) is 5.09. The zero-order chi connectivity index (χ0) is 6.69. The van der Waals surface area contributed by atoms with Gasteiger partial charge < -0.3 is 5.32 Å². The highest BCUT2D eigenvalue weighted by atomic mass is 16.1. The van der Waals surface area contributed by atoms with Crippen LogP contribution in [0, 0.1) is 0 Å². The summed E-state index contributed by atoms with van der Waals surface area (Å²) in [7, 11) is 1.68. The first kappa shape index (κ1) is 5.94. The molecule has 0 unspecified atom stereocenters. The Kier molecular flexibility index (Phi) is 1.58. The molecule has 0 radical (unpaired) electrons. The highest BCUT2D eigenvalue weighted by Gasteiger charge is 2.03. The number of rotatable bonds is 0. The van der Waals surface area contributed by atoms with Gasteiger partial charge in [0.2, 0.25) is 5.96 Å². The van der Waals surface area contributed by atoms with E-state index in [2.05, 4.69) is 15.3 Å². The van der Waals surface area contributed by atoms with Gasteiger partial charge in [0.25, 0.3) is 5.91 Å². The Morgan fingerprint density at radius 1 is 1.78 bits per heavy atom. The monoisotopic (exact) mass is 125 g/mol. The summed E-state index contributed by atoms with van der Waals surface area (Å²) in [6, 6.07) is 0. The van der Waals surface area contributed by atoms with E-state index in [0.717, 1.165) is 0 Å². The molecule has 1 heterocycles. The number of carbonyl (C=O) groups excluding carboxylic acids is 1. The zero-order valence-corrected chi connectivity index (χ0v) is 5.09. The average Bonchev–Trinajstić information content (AvgIpc) is 1.88. The maximum absolute atomic E-state index is 10.5. The number of hydrogen-bond donors (Lipinski definition) is 1. The van der Waals surface area contributed by atoms with Crippen molar-refractivity contribution in [2.24, 2.45) is 9.98 Å². The Hall–Kier alpha value is -1.19. The molecular formula is C5H7N3O. The first-order valence-electron chi connectivity index (χ1n) is 2.64. The Labute approximate surface area is 52.7 Å². The van der Waals surface area contributed by atoms with Crippen LogP contribution >= 0.6 is 0 Å². The Bertz CT molecular complexity index is 183. The third-order valence-corrected chi connectivity index (χ3v) is 0.934. The maximum Gasteiger partial charge on any atom is 0.254 e. The molecule has 0 fully saturated rings. The lowest BCUT2D eigenvalue weighted by molar-refractivity contribution is -0.116. The molecular weight excluding hydrogens is 118 g/mol. The number of nitrogens with zero attached hydrogens (tertiary/aromatic N) is 2. The van der Waals surface area contributed by atoms with Gasteiger partial charge in [-0.25, -0.2) is 4.99 Å². The SMILES string of the molecule is CNC1=NC(=O)CC=N1. The van der Waals surface area contributed by atoms with Crippen molar-refractivity contribution in [3.8, 4) is 0 Å². The van der Waals surface area contributed by atoms with Gasteiger partial charge >= 0.3 is 0 Å². The first-order valence-corrected chi connectivity index (χ1v) is 2.64. The predicted molar refractivity (Wildman–Crippen MR) is 34.6 cm³/mol. The maximum atomic E-state index is 10.5. The molecule has 1 rings (SSSR count). The molecule has 0 saturated carbocycles. The Morgan fingerprint density at radius 2 is 2.56 bits per heavy atom. The quantitative estimate of drug-likeness (QED) is 0.477. The van der Waals surface area contributed by atoms with Crippen LogP contribution in [0.3, 0.4) is 0 Å². The second-order valence-corrected chi connectivity index (χ2v) is 1.59. The van der Waals surface area contributed by atoms with E-state index in [1.54, 1.807) is 13.3 Å². The molecule has 1 aliphatic heterocycles. The van der Waals surface area contributed by atoms with E-state index in [4.69, 9.17) is 0 Å². The smallest absolute Gasteiger partial charge is 0.254 e. The van der Waals surface area contributed by atoms with Gasteiger partial charge in [-0.1, -0.05) is 0 Å². The van der Waals surface area contributed by atoms with Crippen LogP contribution in [-0.2, 0) is 4.79 Å². The normalized spacial score (nSPS) is 17.4. The van der Waals surface area contributed by atoms with E-state index >= 15 is 0 Å². The highest BCUT2D eigenvalue weighted by molar-refractivity contribution is 6.06. The van der Waals surface area contributed by atoms with E-state index in [9.17, 15) is 4.79 Å². The van der Waals surface area contributed by atoms with Crippen LogP contribution in [0.1, 0.15) is 6.42 Å². The van der Waals surface area contributed by atoms with Crippen molar-refractivity contribution in [1.29, 1.82) is 0 Å². The standard InChI is InChI=1S/C5H7N3O/c1-6-5-7-3-2-4(9)8-5/h3H,2H2,1H3,(H,6,8,9). The lowest BCUT2D eigenvalue weighted by Crippen LogP contribution is -2.20. The average molecular weight is 125 g/mol. The summed E-state index contributed by atoms with van der Waals surface area (Å²) < 4.78 is 0. The molecule has 0 aromatic carbocycles. The second-order valence-electron chi connectivity index (χ2n) is 1.59.